The van der Waals surface area contributed by atoms with Gasteiger partial charge in [0.1, 0.15) is 5.82 Å². The Morgan fingerprint density at radius 2 is 2.00 bits per heavy atom. The second-order valence-electron chi connectivity index (χ2n) is 4.01. The normalized spacial score (nSPS) is 13.8. The predicted octanol–water partition coefficient (Wildman–Crippen LogP) is 0.698. The van der Waals surface area contributed by atoms with Crippen molar-refractivity contribution in [1.29, 1.82) is 0 Å². The summed E-state index contributed by atoms with van der Waals surface area (Å²) in [7, 11) is 0. The van der Waals surface area contributed by atoms with E-state index in [4.69, 9.17) is 5.11 Å². The van der Waals surface area contributed by atoms with Crippen molar-refractivity contribution in [3.05, 3.63) is 35.1 Å². The number of benzene rings is 1. The molecule has 0 unspecified atom stereocenters. The molecule has 0 heterocycles. The van der Waals surface area contributed by atoms with Gasteiger partial charge in [-0.15, -0.1) is 0 Å². The van der Waals surface area contributed by atoms with E-state index >= 15 is 0 Å². The topological polar surface area (TPSA) is 86.6 Å². The molecule has 0 saturated heterocycles. The van der Waals surface area contributed by atoms with Crippen LogP contribution in [0.1, 0.15) is 22.8 Å². The zero-order valence-corrected chi connectivity index (χ0v) is 9.98. The van der Waals surface area contributed by atoms with Crippen molar-refractivity contribution in [2.45, 2.75) is 26.0 Å². The molecule has 3 N–H and O–H groups in total. The highest BCUT2D eigenvalue weighted by atomic mass is 19.1. The van der Waals surface area contributed by atoms with E-state index in [2.05, 4.69) is 5.32 Å². The SMILES string of the molecule is Cc1ccc(C(=O)N[C@H](C(=O)O)[C@@H](C)O)c(F)c1. The Morgan fingerprint density at radius 1 is 1.39 bits per heavy atom. The van der Waals surface area contributed by atoms with Gasteiger partial charge in [0.05, 0.1) is 11.7 Å². The average Bonchev–Trinajstić information content (AvgIpc) is 2.24. The van der Waals surface area contributed by atoms with Gasteiger partial charge in [0.15, 0.2) is 6.04 Å². The third-order valence-corrected chi connectivity index (χ3v) is 2.40. The van der Waals surface area contributed by atoms with E-state index in [9.17, 15) is 19.1 Å². The van der Waals surface area contributed by atoms with E-state index < -0.39 is 29.8 Å². The number of halogens is 1. The number of nitrogens with one attached hydrogen (secondary N) is 1. The maximum Gasteiger partial charge on any atom is 0.328 e. The minimum atomic E-state index is -1.47. The molecule has 0 bridgehead atoms. The van der Waals surface area contributed by atoms with Crippen molar-refractivity contribution in [2.24, 2.45) is 0 Å². The van der Waals surface area contributed by atoms with Gasteiger partial charge in [0, 0.05) is 0 Å². The molecule has 6 heteroatoms. The minimum absolute atomic E-state index is 0.257. The molecule has 1 aromatic carbocycles. The number of aliphatic hydroxyl groups excluding tert-OH is 1. The summed E-state index contributed by atoms with van der Waals surface area (Å²) in [5.41, 5.74) is 0.391. The molecular weight excluding hydrogens is 241 g/mol. The predicted molar refractivity (Wildman–Crippen MR) is 61.7 cm³/mol. The standard InChI is InChI=1S/C12H14FNO4/c1-6-3-4-8(9(13)5-6)11(16)14-10(7(2)15)12(17)18/h3-5,7,10,15H,1-2H3,(H,14,16)(H,17,18)/t7-,10+/m1/s1. The largest absolute Gasteiger partial charge is 0.480 e. The molecule has 1 amide bonds. The van der Waals surface area contributed by atoms with Crippen LogP contribution in [0.3, 0.4) is 0 Å². The van der Waals surface area contributed by atoms with E-state index in [-0.39, 0.29) is 5.56 Å². The van der Waals surface area contributed by atoms with Gasteiger partial charge in [-0.25, -0.2) is 9.18 Å². The Hall–Kier alpha value is -1.95. The summed E-state index contributed by atoms with van der Waals surface area (Å²) in [5.74, 6) is -2.99. The monoisotopic (exact) mass is 255 g/mol. The Balaban J connectivity index is 2.91. The number of aliphatic hydroxyl groups is 1. The van der Waals surface area contributed by atoms with Gasteiger partial charge in [-0.2, -0.15) is 0 Å². The number of hydrogen-bond donors (Lipinski definition) is 3. The third kappa shape index (κ3) is 3.27. The van der Waals surface area contributed by atoms with Crippen LogP contribution in [-0.4, -0.2) is 34.2 Å². The molecular formula is C12H14FNO4. The van der Waals surface area contributed by atoms with Crippen molar-refractivity contribution in [3.8, 4) is 0 Å². The lowest BCUT2D eigenvalue weighted by Gasteiger charge is -2.17. The van der Waals surface area contributed by atoms with E-state index in [1.54, 1.807) is 6.92 Å². The Labute approximate surface area is 103 Å². The molecule has 0 spiro atoms. The van der Waals surface area contributed by atoms with Crippen molar-refractivity contribution < 1.29 is 24.2 Å². The van der Waals surface area contributed by atoms with Crippen LogP contribution in [-0.2, 0) is 4.79 Å². The van der Waals surface area contributed by atoms with E-state index in [1.807, 2.05) is 0 Å². The van der Waals surface area contributed by atoms with Gasteiger partial charge in [-0.3, -0.25) is 4.79 Å². The van der Waals surface area contributed by atoms with Crippen LogP contribution in [0.4, 0.5) is 4.39 Å². The zero-order chi connectivity index (χ0) is 13.9. The van der Waals surface area contributed by atoms with Crippen LogP contribution < -0.4 is 5.32 Å². The molecule has 98 valence electrons. The summed E-state index contributed by atoms with van der Waals surface area (Å²) in [6.07, 6.45) is -1.28. The lowest BCUT2D eigenvalue weighted by Crippen LogP contribution is -2.47. The van der Waals surface area contributed by atoms with Gasteiger partial charge in [0.25, 0.3) is 5.91 Å². The second kappa shape index (κ2) is 5.59. The highest BCUT2D eigenvalue weighted by molar-refractivity contribution is 5.97. The fourth-order valence-corrected chi connectivity index (χ4v) is 1.41. The molecule has 0 aliphatic heterocycles. The third-order valence-electron chi connectivity index (χ3n) is 2.40. The molecule has 1 aromatic rings. The number of aryl methyl sites for hydroxylation is 1. The summed E-state index contributed by atoms with van der Waals surface area (Å²) < 4.78 is 13.5. The lowest BCUT2D eigenvalue weighted by molar-refractivity contribution is -0.141. The van der Waals surface area contributed by atoms with Crippen LogP contribution in [0, 0.1) is 12.7 Å². The highest BCUT2D eigenvalue weighted by Crippen LogP contribution is 2.10. The number of aliphatic carboxylic acids is 1. The van der Waals surface area contributed by atoms with Gasteiger partial charge in [0.2, 0.25) is 0 Å². The van der Waals surface area contributed by atoms with E-state index in [0.717, 1.165) is 0 Å². The van der Waals surface area contributed by atoms with Gasteiger partial charge in [-0.1, -0.05) is 6.07 Å². The number of amides is 1. The lowest BCUT2D eigenvalue weighted by atomic mass is 10.1. The molecule has 0 aliphatic rings. The van der Waals surface area contributed by atoms with Crippen molar-refractivity contribution in [3.63, 3.8) is 0 Å². The summed E-state index contributed by atoms with van der Waals surface area (Å²) in [6.45, 7) is 2.89. The van der Waals surface area contributed by atoms with Crippen molar-refractivity contribution in [2.75, 3.05) is 0 Å². The van der Waals surface area contributed by atoms with Gasteiger partial charge < -0.3 is 15.5 Å². The Bertz CT molecular complexity index is 473. The quantitative estimate of drug-likeness (QED) is 0.739. The summed E-state index contributed by atoms with van der Waals surface area (Å²) in [4.78, 5) is 22.4. The number of rotatable bonds is 4. The van der Waals surface area contributed by atoms with Gasteiger partial charge >= 0.3 is 5.97 Å². The summed E-state index contributed by atoms with van der Waals surface area (Å²) in [6, 6.07) is 2.50. The van der Waals surface area contributed by atoms with Crippen LogP contribution in [0.25, 0.3) is 0 Å². The van der Waals surface area contributed by atoms with E-state index in [1.165, 1.54) is 25.1 Å². The smallest absolute Gasteiger partial charge is 0.328 e. The Morgan fingerprint density at radius 3 is 2.44 bits per heavy atom. The molecule has 0 aliphatic carbocycles. The molecule has 5 nitrogen and oxygen atoms in total. The van der Waals surface area contributed by atoms with Crippen LogP contribution in [0.2, 0.25) is 0 Å². The molecule has 0 aromatic heterocycles. The van der Waals surface area contributed by atoms with E-state index in [0.29, 0.717) is 5.56 Å². The molecule has 0 fully saturated rings. The number of carboxylic acid groups (broad SMARTS) is 1. The summed E-state index contributed by atoms with van der Waals surface area (Å²) >= 11 is 0. The minimum Gasteiger partial charge on any atom is -0.480 e. The molecule has 0 saturated carbocycles. The number of carbonyl (C=O) groups is 2. The summed E-state index contributed by atoms with van der Waals surface area (Å²) in [5, 5.41) is 20.1. The maximum atomic E-state index is 13.5. The van der Waals surface area contributed by atoms with Gasteiger partial charge in [-0.05, 0) is 31.5 Å². The first-order valence-corrected chi connectivity index (χ1v) is 5.31. The zero-order valence-electron chi connectivity index (χ0n) is 9.98. The first kappa shape index (κ1) is 14.1. The molecule has 2 atom stereocenters. The van der Waals surface area contributed by atoms with Crippen molar-refractivity contribution in [1.82, 2.24) is 5.32 Å². The second-order valence-corrected chi connectivity index (χ2v) is 4.01. The number of carbonyl (C=O) groups excluding carboxylic acids is 1. The molecule has 18 heavy (non-hydrogen) atoms. The fraction of sp³-hybridized carbons (Fsp3) is 0.333. The number of carboxylic acids is 1. The molecule has 0 radical (unpaired) electrons. The van der Waals surface area contributed by atoms with Crippen LogP contribution >= 0.6 is 0 Å². The number of hydrogen-bond acceptors (Lipinski definition) is 3. The van der Waals surface area contributed by atoms with Crippen LogP contribution in [0.15, 0.2) is 18.2 Å². The average molecular weight is 255 g/mol. The maximum absolute atomic E-state index is 13.5. The Kier molecular flexibility index (Phi) is 4.38. The highest BCUT2D eigenvalue weighted by Gasteiger charge is 2.26. The first-order chi connectivity index (χ1) is 8.32. The molecule has 1 rings (SSSR count). The first-order valence-electron chi connectivity index (χ1n) is 5.31. The fourth-order valence-electron chi connectivity index (χ4n) is 1.41. The van der Waals surface area contributed by atoms with Crippen molar-refractivity contribution >= 4 is 11.9 Å². The van der Waals surface area contributed by atoms with Crippen LogP contribution in [0.5, 0.6) is 0 Å².